The Morgan fingerprint density at radius 2 is 1.72 bits per heavy atom. The van der Waals surface area contributed by atoms with Gasteiger partial charge in [-0.1, -0.05) is 44.7 Å². The van der Waals surface area contributed by atoms with E-state index in [1.807, 2.05) is 12.2 Å². The number of allylic oxidation sites excluding steroid dienone is 4. The van der Waals surface area contributed by atoms with Crippen molar-refractivity contribution in [2.24, 2.45) is 11.8 Å². The molecule has 0 saturated carbocycles. The van der Waals surface area contributed by atoms with Crippen LogP contribution in [0.4, 0.5) is 0 Å². The highest BCUT2D eigenvalue weighted by molar-refractivity contribution is 4.96. The molecule has 0 rings (SSSR count). The van der Waals surface area contributed by atoms with Gasteiger partial charge in [-0.15, -0.1) is 13.2 Å². The summed E-state index contributed by atoms with van der Waals surface area (Å²) in [5, 5.41) is 7.18. The van der Waals surface area contributed by atoms with E-state index in [4.69, 9.17) is 0 Å². The minimum atomic E-state index is 0.401. The molecule has 0 aromatic carbocycles. The molecule has 0 aliphatic rings. The average Bonchev–Trinajstić information content (AvgIpc) is 2.57. The first kappa shape index (κ1) is 23.6. The van der Waals surface area contributed by atoms with E-state index in [9.17, 15) is 0 Å². The molecule has 0 amide bonds. The fraction of sp³-hybridized carbons (Fsp3) is 0.652. The van der Waals surface area contributed by atoms with Crippen LogP contribution in [0, 0.1) is 11.8 Å². The van der Waals surface area contributed by atoms with Gasteiger partial charge < -0.3 is 10.6 Å². The molecule has 2 nitrogen and oxygen atoms in total. The Bertz CT molecular complexity index is 397. The zero-order valence-corrected chi connectivity index (χ0v) is 17.2. The summed E-state index contributed by atoms with van der Waals surface area (Å²) < 4.78 is 0. The highest BCUT2D eigenvalue weighted by atomic mass is 15.1. The lowest BCUT2D eigenvalue weighted by molar-refractivity contribution is 0.317. The van der Waals surface area contributed by atoms with Gasteiger partial charge in [0.05, 0.1) is 5.82 Å². The standard InChI is InChI=1S/C23H42N2/c1-8-12-14-17-23(11-4)25-21(7)24-20(6)22(16-13-9-2)18-19(5)15-10-3/h8-10,15,19-20,22-25H,1-2,7,11-14,16-18H2,3-6H3/b15-10-. The maximum atomic E-state index is 4.21. The third-order valence-electron chi connectivity index (χ3n) is 4.88. The molecule has 144 valence electrons. The predicted molar refractivity (Wildman–Crippen MR) is 115 cm³/mol. The van der Waals surface area contributed by atoms with E-state index < -0.39 is 0 Å². The van der Waals surface area contributed by atoms with Crippen LogP contribution in [0.2, 0.25) is 0 Å². The Hall–Kier alpha value is -1.44. The van der Waals surface area contributed by atoms with E-state index in [0.717, 1.165) is 31.5 Å². The van der Waals surface area contributed by atoms with Crippen molar-refractivity contribution in [3.8, 4) is 0 Å². The van der Waals surface area contributed by atoms with Crippen LogP contribution in [0.15, 0.2) is 49.9 Å². The van der Waals surface area contributed by atoms with E-state index >= 15 is 0 Å². The van der Waals surface area contributed by atoms with Gasteiger partial charge >= 0.3 is 0 Å². The van der Waals surface area contributed by atoms with Gasteiger partial charge in [0.1, 0.15) is 0 Å². The second-order valence-corrected chi connectivity index (χ2v) is 7.25. The van der Waals surface area contributed by atoms with Crippen LogP contribution < -0.4 is 10.6 Å². The van der Waals surface area contributed by atoms with Gasteiger partial charge in [-0.2, -0.15) is 0 Å². The highest BCUT2D eigenvalue weighted by Crippen LogP contribution is 2.22. The number of hydrogen-bond acceptors (Lipinski definition) is 2. The van der Waals surface area contributed by atoms with Crippen molar-refractivity contribution >= 4 is 0 Å². The SMILES string of the molecule is C=CCCCC(CC)NC(=C)NC(C)C(CCC=C)CC(C)/C=C\C. The minimum absolute atomic E-state index is 0.401. The van der Waals surface area contributed by atoms with Crippen molar-refractivity contribution in [1.29, 1.82) is 0 Å². The molecule has 4 unspecified atom stereocenters. The van der Waals surface area contributed by atoms with Crippen LogP contribution in [-0.2, 0) is 0 Å². The molecule has 2 heteroatoms. The maximum Gasteiger partial charge on any atom is 0.0916 e. The summed E-state index contributed by atoms with van der Waals surface area (Å²) in [6, 6.07) is 0.888. The van der Waals surface area contributed by atoms with Crippen LogP contribution in [0.1, 0.15) is 72.6 Å². The highest BCUT2D eigenvalue weighted by Gasteiger charge is 2.19. The lowest BCUT2D eigenvalue weighted by Gasteiger charge is -2.30. The van der Waals surface area contributed by atoms with Crippen LogP contribution in [0.5, 0.6) is 0 Å². The molecule has 0 radical (unpaired) electrons. The fourth-order valence-corrected chi connectivity index (χ4v) is 3.36. The molecule has 2 N–H and O–H groups in total. The molecular weight excluding hydrogens is 304 g/mol. The maximum absolute atomic E-state index is 4.21. The van der Waals surface area contributed by atoms with Gasteiger partial charge in [-0.3, -0.25) is 0 Å². The minimum Gasteiger partial charge on any atom is -0.370 e. The summed E-state index contributed by atoms with van der Waals surface area (Å²) in [5.41, 5.74) is 0. The van der Waals surface area contributed by atoms with E-state index in [1.165, 1.54) is 19.3 Å². The van der Waals surface area contributed by atoms with E-state index in [2.05, 4.69) is 70.2 Å². The topological polar surface area (TPSA) is 24.1 Å². The molecule has 0 aromatic rings. The van der Waals surface area contributed by atoms with Crippen LogP contribution >= 0.6 is 0 Å². The molecule has 0 aromatic heterocycles. The third kappa shape index (κ3) is 11.7. The third-order valence-corrected chi connectivity index (χ3v) is 4.88. The molecule has 0 heterocycles. The Morgan fingerprint density at radius 3 is 2.28 bits per heavy atom. The zero-order chi connectivity index (χ0) is 19.1. The quantitative estimate of drug-likeness (QED) is 0.251. The summed E-state index contributed by atoms with van der Waals surface area (Å²) in [6.45, 7) is 20.8. The van der Waals surface area contributed by atoms with E-state index in [0.29, 0.717) is 23.9 Å². The summed E-state index contributed by atoms with van der Waals surface area (Å²) >= 11 is 0. The Labute approximate surface area is 157 Å². The van der Waals surface area contributed by atoms with Gasteiger partial charge in [-0.25, -0.2) is 0 Å². The van der Waals surface area contributed by atoms with Crippen LogP contribution in [-0.4, -0.2) is 12.1 Å². The molecule has 0 bridgehead atoms. The van der Waals surface area contributed by atoms with Crippen molar-refractivity contribution < 1.29 is 0 Å². The largest absolute Gasteiger partial charge is 0.370 e. The summed E-state index contributed by atoms with van der Waals surface area (Å²) in [7, 11) is 0. The Morgan fingerprint density at radius 1 is 1.04 bits per heavy atom. The second-order valence-electron chi connectivity index (χ2n) is 7.25. The first-order valence-electron chi connectivity index (χ1n) is 10.0. The first-order valence-corrected chi connectivity index (χ1v) is 10.0. The number of hydrogen-bond donors (Lipinski definition) is 2. The molecule has 0 fully saturated rings. The number of nitrogens with one attached hydrogen (secondary N) is 2. The molecular formula is C23H42N2. The lowest BCUT2D eigenvalue weighted by atomic mass is 9.86. The van der Waals surface area contributed by atoms with Gasteiger partial charge in [0.2, 0.25) is 0 Å². The second kappa shape index (κ2) is 14.9. The molecule has 0 spiro atoms. The van der Waals surface area contributed by atoms with Gasteiger partial charge in [-0.05, 0) is 70.6 Å². The normalized spacial score (nSPS) is 16.0. The first-order chi connectivity index (χ1) is 12.0. The monoisotopic (exact) mass is 346 g/mol. The lowest BCUT2D eigenvalue weighted by Crippen LogP contribution is -2.41. The smallest absolute Gasteiger partial charge is 0.0916 e. The van der Waals surface area contributed by atoms with Crippen molar-refractivity contribution in [2.75, 3.05) is 0 Å². The average molecular weight is 347 g/mol. The van der Waals surface area contributed by atoms with E-state index in [-0.39, 0.29) is 0 Å². The van der Waals surface area contributed by atoms with E-state index in [1.54, 1.807) is 0 Å². The molecule has 25 heavy (non-hydrogen) atoms. The van der Waals surface area contributed by atoms with Crippen molar-refractivity contribution in [3.05, 3.63) is 49.9 Å². The summed E-state index contributed by atoms with van der Waals surface area (Å²) in [6.07, 6.45) is 16.5. The fourth-order valence-electron chi connectivity index (χ4n) is 3.36. The van der Waals surface area contributed by atoms with Gasteiger partial charge in [0.15, 0.2) is 0 Å². The zero-order valence-electron chi connectivity index (χ0n) is 17.2. The van der Waals surface area contributed by atoms with Crippen LogP contribution in [0.25, 0.3) is 0 Å². The predicted octanol–water partition coefficient (Wildman–Crippen LogP) is 6.34. The molecule has 0 saturated heterocycles. The molecule has 0 aliphatic carbocycles. The van der Waals surface area contributed by atoms with Crippen molar-refractivity contribution in [1.82, 2.24) is 10.6 Å². The van der Waals surface area contributed by atoms with Crippen molar-refractivity contribution in [2.45, 2.75) is 84.7 Å². The van der Waals surface area contributed by atoms with Gasteiger partial charge in [0.25, 0.3) is 0 Å². The van der Waals surface area contributed by atoms with Crippen molar-refractivity contribution in [3.63, 3.8) is 0 Å². The Balaban J connectivity index is 4.56. The molecule has 4 atom stereocenters. The molecule has 0 aliphatic heterocycles. The Kier molecular flexibility index (Phi) is 14.0. The number of unbranched alkanes of at least 4 members (excludes halogenated alkanes) is 1. The van der Waals surface area contributed by atoms with Gasteiger partial charge in [0, 0.05) is 12.1 Å². The summed E-state index contributed by atoms with van der Waals surface area (Å²) in [4.78, 5) is 0. The summed E-state index contributed by atoms with van der Waals surface area (Å²) in [5.74, 6) is 2.18. The number of rotatable bonds is 16. The van der Waals surface area contributed by atoms with Crippen LogP contribution in [0.3, 0.4) is 0 Å².